The van der Waals surface area contributed by atoms with E-state index in [0.717, 1.165) is 30.7 Å². The van der Waals surface area contributed by atoms with Gasteiger partial charge in [0.2, 0.25) is 0 Å². The second-order valence-corrected chi connectivity index (χ2v) is 6.46. The molecule has 112 valence electrons. The van der Waals surface area contributed by atoms with E-state index in [4.69, 9.17) is 5.73 Å². The Labute approximate surface area is 131 Å². The molecule has 3 nitrogen and oxygen atoms in total. The standard InChI is InChI=1S/C16H26BrN3/c1-4-19(5-2)14-8-9-20(11-14)13-6-7-15(12(3)18)16(17)10-13/h6-7,10,12,14H,4-5,8-9,11,18H2,1-3H3/t12-,14?/m1/s1. The van der Waals surface area contributed by atoms with Crippen LogP contribution in [0.5, 0.6) is 0 Å². The minimum Gasteiger partial charge on any atom is -0.370 e. The molecule has 0 aromatic heterocycles. The van der Waals surface area contributed by atoms with Gasteiger partial charge in [-0.3, -0.25) is 4.90 Å². The van der Waals surface area contributed by atoms with Gasteiger partial charge in [0.25, 0.3) is 0 Å². The van der Waals surface area contributed by atoms with Crippen molar-refractivity contribution in [3.63, 3.8) is 0 Å². The van der Waals surface area contributed by atoms with Crippen molar-refractivity contribution in [2.45, 2.75) is 39.3 Å². The number of nitrogens with zero attached hydrogens (tertiary/aromatic N) is 2. The van der Waals surface area contributed by atoms with Crippen molar-refractivity contribution < 1.29 is 0 Å². The molecule has 1 aliphatic heterocycles. The highest BCUT2D eigenvalue weighted by Crippen LogP contribution is 2.30. The summed E-state index contributed by atoms with van der Waals surface area (Å²) in [5.74, 6) is 0. The summed E-state index contributed by atoms with van der Waals surface area (Å²) < 4.78 is 1.12. The van der Waals surface area contributed by atoms with Gasteiger partial charge in [-0.2, -0.15) is 0 Å². The monoisotopic (exact) mass is 339 g/mol. The van der Waals surface area contributed by atoms with Crippen LogP contribution in [-0.2, 0) is 0 Å². The number of nitrogens with two attached hydrogens (primary N) is 1. The third-order valence-corrected chi connectivity index (χ3v) is 5.02. The number of rotatable bonds is 5. The maximum absolute atomic E-state index is 5.97. The van der Waals surface area contributed by atoms with Gasteiger partial charge in [-0.05, 0) is 44.1 Å². The molecule has 1 unspecified atom stereocenters. The van der Waals surface area contributed by atoms with Crippen LogP contribution in [0, 0.1) is 0 Å². The zero-order valence-electron chi connectivity index (χ0n) is 12.8. The van der Waals surface area contributed by atoms with Crippen molar-refractivity contribution in [3.05, 3.63) is 28.2 Å². The summed E-state index contributed by atoms with van der Waals surface area (Å²) in [7, 11) is 0. The molecule has 1 fully saturated rings. The molecule has 2 rings (SSSR count). The Bertz CT molecular complexity index is 443. The number of hydrogen-bond donors (Lipinski definition) is 1. The molecular formula is C16H26BrN3. The van der Waals surface area contributed by atoms with E-state index in [0.29, 0.717) is 6.04 Å². The Morgan fingerprint density at radius 1 is 1.40 bits per heavy atom. The summed E-state index contributed by atoms with van der Waals surface area (Å²) in [5.41, 5.74) is 8.44. The molecule has 0 amide bonds. The lowest BCUT2D eigenvalue weighted by atomic mass is 10.1. The molecule has 2 atom stereocenters. The van der Waals surface area contributed by atoms with E-state index in [1.165, 1.54) is 17.7 Å². The normalized spacial score (nSPS) is 20.7. The summed E-state index contributed by atoms with van der Waals surface area (Å²) in [4.78, 5) is 5.05. The van der Waals surface area contributed by atoms with E-state index < -0.39 is 0 Å². The first-order valence-electron chi connectivity index (χ1n) is 7.60. The zero-order valence-corrected chi connectivity index (χ0v) is 14.4. The van der Waals surface area contributed by atoms with Crippen molar-refractivity contribution in [1.82, 2.24) is 4.90 Å². The Kier molecular flexibility index (Phi) is 5.47. The quantitative estimate of drug-likeness (QED) is 0.892. The molecule has 1 heterocycles. The van der Waals surface area contributed by atoms with Gasteiger partial charge in [-0.25, -0.2) is 0 Å². The number of likely N-dealkylation sites (N-methyl/N-ethyl adjacent to an activating group) is 1. The van der Waals surface area contributed by atoms with Crippen molar-refractivity contribution in [3.8, 4) is 0 Å². The SMILES string of the molecule is CCN(CC)C1CCN(c2ccc([C@@H](C)N)c(Br)c2)C1. The predicted octanol–water partition coefficient (Wildman–Crippen LogP) is 3.39. The van der Waals surface area contributed by atoms with Crippen LogP contribution in [0.2, 0.25) is 0 Å². The van der Waals surface area contributed by atoms with Crippen LogP contribution in [0.3, 0.4) is 0 Å². The van der Waals surface area contributed by atoms with Crippen LogP contribution in [0.1, 0.15) is 38.8 Å². The Morgan fingerprint density at radius 2 is 2.10 bits per heavy atom. The van der Waals surface area contributed by atoms with Crippen LogP contribution in [0.4, 0.5) is 5.69 Å². The molecule has 20 heavy (non-hydrogen) atoms. The van der Waals surface area contributed by atoms with Gasteiger partial charge < -0.3 is 10.6 Å². The van der Waals surface area contributed by atoms with E-state index in [9.17, 15) is 0 Å². The Balaban J connectivity index is 2.08. The van der Waals surface area contributed by atoms with E-state index >= 15 is 0 Å². The highest BCUT2D eigenvalue weighted by Gasteiger charge is 2.26. The summed E-state index contributed by atoms with van der Waals surface area (Å²) >= 11 is 3.65. The van der Waals surface area contributed by atoms with Crippen molar-refractivity contribution >= 4 is 21.6 Å². The smallest absolute Gasteiger partial charge is 0.0378 e. The minimum atomic E-state index is 0.0698. The summed E-state index contributed by atoms with van der Waals surface area (Å²) in [6.07, 6.45) is 1.26. The highest BCUT2D eigenvalue weighted by atomic mass is 79.9. The number of halogens is 1. The first kappa shape index (κ1) is 15.8. The molecule has 0 saturated carbocycles. The Hall–Kier alpha value is -0.580. The van der Waals surface area contributed by atoms with Gasteiger partial charge in [0, 0.05) is 35.3 Å². The average Bonchev–Trinajstić information content (AvgIpc) is 2.89. The second-order valence-electron chi connectivity index (χ2n) is 5.60. The predicted molar refractivity (Wildman–Crippen MR) is 90.3 cm³/mol. The first-order chi connectivity index (χ1) is 9.56. The lowest BCUT2D eigenvalue weighted by Crippen LogP contribution is -2.37. The minimum absolute atomic E-state index is 0.0698. The molecule has 1 saturated heterocycles. The van der Waals surface area contributed by atoms with E-state index in [2.05, 4.69) is 57.8 Å². The van der Waals surface area contributed by atoms with Gasteiger partial charge in [0.05, 0.1) is 0 Å². The maximum atomic E-state index is 5.97. The van der Waals surface area contributed by atoms with E-state index in [-0.39, 0.29) is 6.04 Å². The van der Waals surface area contributed by atoms with Crippen molar-refractivity contribution in [2.24, 2.45) is 5.73 Å². The number of hydrogen-bond acceptors (Lipinski definition) is 3. The zero-order chi connectivity index (χ0) is 14.7. The van der Waals surface area contributed by atoms with Crippen LogP contribution >= 0.6 is 15.9 Å². The largest absolute Gasteiger partial charge is 0.370 e. The van der Waals surface area contributed by atoms with Crippen LogP contribution in [0.25, 0.3) is 0 Å². The number of benzene rings is 1. The molecule has 0 bridgehead atoms. The lowest BCUT2D eigenvalue weighted by molar-refractivity contribution is 0.232. The van der Waals surface area contributed by atoms with Crippen molar-refractivity contribution in [2.75, 3.05) is 31.1 Å². The van der Waals surface area contributed by atoms with Crippen LogP contribution < -0.4 is 10.6 Å². The number of anilines is 1. The fraction of sp³-hybridized carbons (Fsp3) is 0.625. The van der Waals surface area contributed by atoms with Crippen LogP contribution in [0.15, 0.2) is 22.7 Å². The molecular weight excluding hydrogens is 314 g/mol. The van der Waals surface area contributed by atoms with Gasteiger partial charge in [0.15, 0.2) is 0 Å². The molecule has 1 aromatic rings. The van der Waals surface area contributed by atoms with E-state index in [1.807, 2.05) is 6.92 Å². The summed E-state index contributed by atoms with van der Waals surface area (Å²) in [5, 5.41) is 0. The average molecular weight is 340 g/mol. The Morgan fingerprint density at radius 3 is 2.65 bits per heavy atom. The first-order valence-corrected chi connectivity index (χ1v) is 8.40. The van der Waals surface area contributed by atoms with E-state index in [1.54, 1.807) is 0 Å². The topological polar surface area (TPSA) is 32.5 Å². The van der Waals surface area contributed by atoms with Gasteiger partial charge in [0.1, 0.15) is 0 Å². The van der Waals surface area contributed by atoms with Gasteiger partial charge >= 0.3 is 0 Å². The third kappa shape index (κ3) is 3.35. The molecule has 2 N–H and O–H groups in total. The molecule has 4 heteroatoms. The van der Waals surface area contributed by atoms with Crippen LogP contribution in [-0.4, -0.2) is 37.1 Å². The fourth-order valence-corrected chi connectivity index (χ4v) is 3.82. The second kappa shape index (κ2) is 6.92. The maximum Gasteiger partial charge on any atom is 0.0378 e. The highest BCUT2D eigenvalue weighted by molar-refractivity contribution is 9.10. The van der Waals surface area contributed by atoms with Gasteiger partial charge in [-0.15, -0.1) is 0 Å². The van der Waals surface area contributed by atoms with Crippen molar-refractivity contribution in [1.29, 1.82) is 0 Å². The summed E-state index contributed by atoms with van der Waals surface area (Å²) in [6, 6.07) is 7.32. The fourth-order valence-electron chi connectivity index (χ4n) is 3.10. The molecule has 1 aliphatic rings. The third-order valence-electron chi connectivity index (χ3n) is 4.33. The lowest BCUT2D eigenvalue weighted by Gasteiger charge is -2.27. The molecule has 0 radical (unpaired) electrons. The molecule has 0 spiro atoms. The molecule has 0 aliphatic carbocycles. The summed E-state index contributed by atoms with van der Waals surface area (Å²) in [6.45, 7) is 11.1. The molecule has 1 aromatic carbocycles. The van der Waals surface area contributed by atoms with Gasteiger partial charge in [-0.1, -0.05) is 35.8 Å².